The van der Waals surface area contributed by atoms with Crippen LogP contribution in [-0.2, 0) is 0 Å². The first kappa shape index (κ1) is 94.3. The molecule has 0 fully saturated rings. The molecule has 0 N–H and O–H groups in total. The van der Waals surface area contributed by atoms with Gasteiger partial charge in [-0.25, -0.2) is 0 Å². The van der Waals surface area contributed by atoms with Gasteiger partial charge in [0.1, 0.15) is 0 Å². The van der Waals surface area contributed by atoms with Crippen LogP contribution in [0.15, 0.2) is 461 Å². The highest BCUT2D eigenvalue weighted by molar-refractivity contribution is 5.84. The van der Waals surface area contributed by atoms with Gasteiger partial charge in [0.2, 0.25) is 0 Å². The van der Waals surface area contributed by atoms with Crippen LogP contribution < -0.4 is 0 Å². The second-order valence-electron chi connectivity index (χ2n) is 34.4. The van der Waals surface area contributed by atoms with Gasteiger partial charge in [-0.15, -0.1) is 0 Å². The summed E-state index contributed by atoms with van der Waals surface area (Å²) in [5.74, 6) is 0. The molecule has 0 amide bonds. The topological polar surface area (TPSA) is 0 Å². The molecule has 0 bridgehead atoms. The SMILES string of the molecule is Cc1ccc(-c2ccc(-c3ccc(C)cc3)cc2)cc1.Cc1ccc(-c2cccc(-c3ccc(C)cc3)c2)cc1.Cc1ccc(-c2cccc(C)c2)cc1.Cc1ccc(-c2cccc(C)c2)cc1.Cc1ccc(-c2ccccc2-c2ccc(C)cc2)cc1.Cc1ccc(-c2ccccc2C)cc1.Cc1cccc(-c2ccccc2C)c1.Cc1ccccc1-c1ccccc1C. The quantitative estimate of drug-likeness (QED) is 0.121. The van der Waals surface area contributed by atoms with E-state index in [1.54, 1.807) is 0 Å². The molecular weight excluding hydrogens is 1560 g/mol. The van der Waals surface area contributed by atoms with Crippen molar-refractivity contribution in [2.75, 3.05) is 0 Å². The van der Waals surface area contributed by atoms with Gasteiger partial charge in [0.15, 0.2) is 0 Å². The third-order valence-corrected chi connectivity index (χ3v) is 23.3. The van der Waals surface area contributed by atoms with Crippen molar-refractivity contribution in [3.05, 3.63) is 550 Å². The highest BCUT2D eigenvalue weighted by atomic mass is 14.2. The zero-order chi connectivity index (χ0) is 91.7. The minimum Gasteiger partial charge on any atom is -0.0620 e. The maximum Gasteiger partial charge on any atom is -0.0105 e. The zero-order valence-corrected chi connectivity index (χ0v) is 78.9. The summed E-state index contributed by atoms with van der Waals surface area (Å²) in [5.41, 5.74) is 49.3. The lowest BCUT2D eigenvalue weighted by Gasteiger charge is -2.10. The second kappa shape index (κ2) is 47.7. The molecular formula is C130H124. The highest BCUT2D eigenvalue weighted by Crippen LogP contribution is 2.35. The van der Waals surface area contributed by atoms with Crippen molar-refractivity contribution < 1.29 is 0 Å². The third-order valence-electron chi connectivity index (χ3n) is 23.3. The lowest BCUT2D eigenvalue weighted by molar-refractivity contribution is 1.41. The molecule has 0 aromatic heterocycles. The summed E-state index contributed by atoms with van der Waals surface area (Å²) >= 11 is 0. The highest BCUT2D eigenvalue weighted by Gasteiger charge is 2.10. The average Bonchev–Trinajstić information content (AvgIpc) is 0.810. The Morgan fingerprint density at radius 3 is 0.469 bits per heavy atom. The second-order valence-corrected chi connectivity index (χ2v) is 34.4. The Labute approximate surface area is 777 Å². The van der Waals surface area contributed by atoms with Crippen LogP contribution in [0.1, 0.15) is 89.0 Å². The lowest BCUT2D eigenvalue weighted by atomic mass is 9.94. The predicted octanol–water partition coefficient (Wildman–Crippen LogP) is 36.8. The van der Waals surface area contributed by atoms with Gasteiger partial charge in [0, 0.05) is 0 Å². The monoisotopic (exact) mass is 1680 g/mol. The summed E-state index contributed by atoms with van der Waals surface area (Å²) in [6, 6.07) is 164. The minimum absolute atomic E-state index is 1.26. The van der Waals surface area contributed by atoms with Gasteiger partial charge in [0.25, 0.3) is 0 Å². The van der Waals surface area contributed by atoms with Crippen molar-refractivity contribution in [1.82, 2.24) is 0 Å². The summed E-state index contributed by atoms with van der Waals surface area (Å²) in [4.78, 5) is 0. The molecule has 19 rings (SSSR count). The van der Waals surface area contributed by atoms with E-state index in [-0.39, 0.29) is 0 Å². The largest absolute Gasteiger partial charge is 0.0620 e. The summed E-state index contributed by atoms with van der Waals surface area (Å²) < 4.78 is 0. The summed E-state index contributed by atoms with van der Waals surface area (Å²) in [5, 5.41) is 0. The molecule has 130 heavy (non-hydrogen) atoms. The first-order valence-electron chi connectivity index (χ1n) is 45.4. The van der Waals surface area contributed by atoms with E-state index in [0.717, 1.165) is 0 Å². The summed E-state index contributed by atoms with van der Waals surface area (Å²) in [7, 11) is 0. The maximum atomic E-state index is 2.26. The van der Waals surface area contributed by atoms with Crippen LogP contribution in [-0.4, -0.2) is 0 Å². The molecule has 644 valence electrons. The first-order valence-corrected chi connectivity index (χ1v) is 45.4. The van der Waals surface area contributed by atoms with Crippen LogP contribution in [0.2, 0.25) is 0 Å². The van der Waals surface area contributed by atoms with E-state index in [1.165, 1.54) is 211 Å². The normalized spacial score (nSPS) is 10.3. The van der Waals surface area contributed by atoms with Gasteiger partial charge in [-0.05, 0) is 261 Å². The molecule has 0 nitrogen and oxygen atoms in total. The van der Waals surface area contributed by atoms with E-state index in [2.05, 4.69) is 572 Å². The third kappa shape index (κ3) is 28.3. The zero-order valence-electron chi connectivity index (χ0n) is 78.9. The molecule has 0 aliphatic rings. The summed E-state index contributed by atoms with van der Waals surface area (Å²) in [6.45, 7) is 34.0. The molecule has 0 heterocycles. The molecule has 0 unspecified atom stereocenters. The van der Waals surface area contributed by atoms with Crippen molar-refractivity contribution in [3.63, 3.8) is 0 Å². The van der Waals surface area contributed by atoms with E-state index in [0.29, 0.717) is 0 Å². The smallest absolute Gasteiger partial charge is 0.0105 e. The van der Waals surface area contributed by atoms with E-state index in [1.807, 2.05) is 0 Å². The molecule has 19 aromatic rings. The Bertz CT molecular complexity index is 6380. The molecule has 19 aromatic carbocycles. The molecule has 0 saturated heterocycles. The Morgan fingerprint density at radius 1 is 0.0846 bits per heavy atom. The van der Waals surface area contributed by atoms with Gasteiger partial charge >= 0.3 is 0 Å². The first-order chi connectivity index (χ1) is 63.0. The van der Waals surface area contributed by atoms with E-state index in [9.17, 15) is 0 Å². The average molecular weight is 1690 g/mol. The van der Waals surface area contributed by atoms with Crippen LogP contribution in [0.5, 0.6) is 0 Å². The van der Waals surface area contributed by atoms with Crippen molar-refractivity contribution in [2.45, 2.75) is 111 Å². The molecule has 0 aliphatic carbocycles. The van der Waals surface area contributed by atoms with Crippen molar-refractivity contribution in [3.8, 4) is 122 Å². The molecule has 0 atom stereocenters. The Hall–Kier alpha value is -14.8. The molecule has 0 spiro atoms. The van der Waals surface area contributed by atoms with Gasteiger partial charge in [-0.2, -0.15) is 0 Å². The Balaban J connectivity index is 0.000000135. The predicted molar refractivity (Wildman–Crippen MR) is 567 cm³/mol. The number of hydrogen-bond donors (Lipinski definition) is 0. The Kier molecular flexibility index (Phi) is 34.6. The number of hydrogen-bond acceptors (Lipinski definition) is 0. The fourth-order valence-corrected chi connectivity index (χ4v) is 15.4. The van der Waals surface area contributed by atoms with Gasteiger partial charge < -0.3 is 0 Å². The maximum absolute atomic E-state index is 2.26. The molecule has 0 aliphatic heterocycles. The van der Waals surface area contributed by atoms with Gasteiger partial charge in [-0.1, -0.05) is 522 Å². The van der Waals surface area contributed by atoms with Crippen LogP contribution in [0.3, 0.4) is 0 Å². The fraction of sp³-hybridized carbons (Fsp3) is 0.123. The van der Waals surface area contributed by atoms with Crippen molar-refractivity contribution in [2.24, 2.45) is 0 Å². The fourth-order valence-electron chi connectivity index (χ4n) is 15.4. The number of benzene rings is 19. The Morgan fingerprint density at radius 2 is 0.238 bits per heavy atom. The van der Waals surface area contributed by atoms with Crippen LogP contribution >= 0.6 is 0 Å². The van der Waals surface area contributed by atoms with Crippen LogP contribution in [0.25, 0.3) is 122 Å². The van der Waals surface area contributed by atoms with Crippen molar-refractivity contribution >= 4 is 0 Å². The lowest BCUT2D eigenvalue weighted by Crippen LogP contribution is -1.85. The summed E-state index contributed by atoms with van der Waals surface area (Å²) in [6.07, 6.45) is 0. The van der Waals surface area contributed by atoms with Gasteiger partial charge in [0.05, 0.1) is 0 Å². The van der Waals surface area contributed by atoms with E-state index < -0.39 is 0 Å². The van der Waals surface area contributed by atoms with Crippen LogP contribution in [0.4, 0.5) is 0 Å². The van der Waals surface area contributed by atoms with Gasteiger partial charge in [-0.3, -0.25) is 0 Å². The standard InChI is InChI=1S/3C20H18.5C14H14/c1-15-3-7-17(8-4-15)19-11-13-20(14-12-19)18-9-5-16(2)6-10-18;1-15-6-10-17(11-7-15)19-4-3-5-20(14-19)18-12-8-16(2)9-13-18;1-15-7-11-17(12-8-15)19-5-3-4-6-20(19)18-13-9-16(2)10-14-18;1-11-7-3-5-9-13(11)14-10-6-4-8-12(14)2;1-11-6-5-8-13(10-11)14-9-4-3-7-12(14)2;2*1-11-6-8-13(9-7-11)14-5-3-4-12(2)10-14;1-11-7-9-13(10-8-11)14-6-4-3-5-12(14)2/h3*3-14H,1-2H3;5*3-10H,1-2H3. The molecule has 0 radical (unpaired) electrons. The van der Waals surface area contributed by atoms with E-state index >= 15 is 0 Å². The minimum atomic E-state index is 1.26. The number of aryl methyl sites for hydroxylation is 16. The number of rotatable bonds is 11. The van der Waals surface area contributed by atoms with Crippen molar-refractivity contribution in [1.29, 1.82) is 0 Å². The molecule has 0 heteroatoms. The molecule has 0 saturated carbocycles. The van der Waals surface area contributed by atoms with E-state index in [4.69, 9.17) is 0 Å². The van der Waals surface area contributed by atoms with Crippen LogP contribution in [0, 0.1) is 111 Å².